The van der Waals surface area contributed by atoms with Gasteiger partial charge in [0.15, 0.2) is 0 Å². The number of halogens is 1. The normalized spacial score (nSPS) is 29.6. The quantitative estimate of drug-likeness (QED) is 0.836. The first-order chi connectivity index (χ1) is 8.83. The van der Waals surface area contributed by atoms with E-state index in [0.717, 1.165) is 23.5 Å². The van der Waals surface area contributed by atoms with Crippen LogP contribution in [0, 0.1) is 5.92 Å². The van der Waals surface area contributed by atoms with Gasteiger partial charge in [-0.15, -0.1) is 0 Å². The summed E-state index contributed by atoms with van der Waals surface area (Å²) in [6.45, 7) is 1.14. The highest BCUT2D eigenvalue weighted by Gasteiger charge is 2.31. The fourth-order valence-electron chi connectivity index (χ4n) is 3.65. The molecule has 2 fully saturated rings. The maximum Gasteiger partial charge on any atom is 0.0406 e. The largest absolute Gasteiger partial charge is 0.313 e. The van der Waals surface area contributed by atoms with Gasteiger partial charge in [0, 0.05) is 17.6 Å². The van der Waals surface area contributed by atoms with Gasteiger partial charge in [-0.2, -0.15) is 0 Å². The van der Waals surface area contributed by atoms with E-state index in [2.05, 4.69) is 17.4 Å². The molecular weight excluding hydrogens is 242 g/mol. The lowest BCUT2D eigenvalue weighted by atomic mass is 9.82. The fourth-order valence-corrected chi connectivity index (χ4v) is 3.78. The summed E-state index contributed by atoms with van der Waals surface area (Å²) in [5.74, 6) is 1.62. The Morgan fingerprint density at radius 1 is 1.00 bits per heavy atom. The van der Waals surface area contributed by atoms with Crippen LogP contribution in [0.1, 0.15) is 50.0 Å². The van der Waals surface area contributed by atoms with Crippen LogP contribution < -0.4 is 5.32 Å². The van der Waals surface area contributed by atoms with Crippen molar-refractivity contribution in [1.29, 1.82) is 0 Å². The summed E-state index contributed by atoms with van der Waals surface area (Å²) < 4.78 is 0. The molecule has 98 valence electrons. The van der Waals surface area contributed by atoms with Crippen LogP contribution in [0.4, 0.5) is 0 Å². The van der Waals surface area contributed by atoms with E-state index in [4.69, 9.17) is 11.6 Å². The summed E-state index contributed by atoms with van der Waals surface area (Å²) in [6, 6.07) is 9.18. The van der Waals surface area contributed by atoms with Crippen LogP contribution in [0.25, 0.3) is 0 Å². The number of rotatable bonds is 2. The molecule has 2 heteroatoms. The second kappa shape index (κ2) is 5.63. The minimum atomic E-state index is 0.689. The van der Waals surface area contributed by atoms with Crippen LogP contribution in [0.15, 0.2) is 24.3 Å². The maximum absolute atomic E-state index is 5.95. The highest BCUT2D eigenvalue weighted by atomic mass is 35.5. The summed E-state index contributed by atoms with van der Waals surface area (Å²) in [5.41, 5.74) is 1.45. The van der Waals surface area contributed by atoms with Gasteiger partial charge in [0.25, 0.3) is 0 Å². The average molecular weight is 264 g/mol. The minimum absolute atomic E-state index is 0.689. The Labute approximate surface area is 115 Å². The van der Waals surface area contributed by atoms with E-state index in [0.29, 0.717) is 5.92 Å². The first-order valence-corrected chi connectivity index (χ1v) is 7.69. The highest BCUT2D eigenvalue weighted by Crippen LogP contribution is 2.35. The van der Waals surface area contributed by atoms with E-state index in [1.54, 1.807) is 0 Å². The second-order valence-electron chi connectivity index (χ2n) is 5.90. The molecule has 0 radical (unpaired) electrons. The summed E-state index contributed by atoms with van der Waals surface area (Å²) in [7, 11) is 0. The molecule has 1 nitrogen and oxygen atoms in total. The number of benzene rings is 1. The molecule has 0 bridgehead atoms. The molecule has 3 rings (SSSR count). The number of hydrogen-bond acceptors (Lipinski definition) is 1. The van der Waals surface area contributed by atoms with E-state index in [1.165, 1.54) is 44.1 Å². The molecular formula is C16H22ClN. The van der Waals surface area contributed by atoms with Gasteiger partial charge >= 0.3 is 0 Å². The predicted octanol–water partition coefficient (Wildman–Crippen LogP) is 4.37. The van der Waals surface area contributed by atoms with Gasteiger partial charge in [-0.25, -0.2) is 0 Å². The van der Waals surface area contributed by atoms with Crippen molar-refractivity contribution < 1.29 is 0 Å². The van der Waals surface area contributed by atoms with Crippen LogP contribution in [0.2, 0.25) is 5.02 Å². The molecule has 1 aromatic rings. The predicted molar refractivity (Wildman–Crippen MR) is 77.2 cm³/mol. The number of hydrogen-bond donors (Lipinski definition) is 1. The molecule has 1 saturated heterocycles. The fraction of sp³-hybridized carbons (Fsp3) is 0.625. The van der Waals surface area contributed by atoms with Crippen LogP contribution >= 0.6 is 11.6 Å². The molecule has 0 spiro atoms. The molecule has 1 saturated carbocycles. The Bertz CT molecular complexity index is 381. The lowest BCUT2D eigenvalue weighted by molar-refractivity contribution is 0.286. The molecule has 2 unspecified atom stereocenters. The molecule has 0 amide bonds. The third-order valence-corrected chi connectivity index (χ3v) is 4.98. The van der Waals surface area contributed by atoms with Crippen LogP contribution in [-0.2, 0) is 0 Å². The van der Waals surface area contributed by atoms with E-state index in [-0.39, 0.29) is 0 Å². The van der Waals surface area contributed by atoms with Gasteiger partial charge in [-0.05, 0) is 48.8 Å². The summed E-state index contributed by atoms with van der Waals surface area (Å²) in [4.78, 5) is 0. The van der Waals surface area contributed by atoms with E-state index < -0.39 is 0 Å². The molecule has 1 heterocycles. The zero-order chi connectivity index (χ0) is 12.4. The molecule has 2 aliphatic rings. The smallest absolute Gasteiger partial charge is 0.0406 e. The Kier molecular flexibility index (Phi) is 3.91. The Balaban J connectivity index is 1.62. The van der Waals surface area contributed by atoms with Crippen molar-refractivity contribution in [3.8, 4) is 0 Å². The summed E-state index contributed by atoms with van der Waals surface area (Å²) >= 11 is 5.95. The van der Waals surface area contributed by atoms with Crippen molar-refractivity contribution in [3.63, 3.8) is 0 Å². The zero-order valence-electron chi connectivity index (χ0n) is 10.9. The van der Waals surface area contributed by atoms with Gasteiger partial charge in [-0.1, -0.05) is 43.0 Å². The standard InChI is InChI=1S/C16H22ClN/c17-15-8-6-12(7-9-15)14-10-16(18-11-14)13-4-2-1-3-5-13/h6-9,13-14,16,18H,1-5,10-11H2. The number of nitrogens with one attached hydrogen (secondary N) is 1. The average Bonchev–Trinajstić information content (AvgIpc) is 2.90. The topological polar surface area (TPSA) is 12.0 Å². The monoisotopic (exact) mass is 263 g/mol. The molecule has 0 aromatic heterocycles. The van der Waals surface area contributed by atoms with Crippen molar-refractivity contribution >= 4 is 11.6 Å². The molecule has 2 atom stereocenters. The molecule has 1 N–H and O–H groups in total. The Morgan fingerprint density at radius 2 is 1.72 bits per heavy atom. The summed E-state index contributed by atoms with van der Waals surface area (Å²) in [5, 5.41) is 4.60. The van der Waals surface area contributed by atoms with Crippen LogP contribution in [0.5, 0.6) is 0 Å². The minimum Gasteiger partial charge on any atom is -0.313 e. The van der Waals surface area contributed by atoms with E-state index in [9.17, 15) is 0 Å². The van der Waals surface area contributed by atoms with Crippen molar-refractivity contribution in [2.24, 2.45) is 5.92 Å². The SMILES string of the molecule is Clc1ccc(C2CNC(C3CCCCC3)C2)cc1. The highest BCUT2D eigenvalue weighted by molar-refractivity contribution is 6.30. The van der Waals surface area contributed by atoms with E-state index in [1.807, 2.05) is 12.1 Å². The van der Waals surface area contributed by atoms with Crippen molar-refractivity contribution in [2.75, 3.05) is 6.54 Å². The maximum atomic E-state index is 5.95. The molecule has 1 aromatic carbocycles. The molecule has 18 heavy (non-hydrogen) atoms. The van der Waals surface area contributed by atoms with Gasteiger partial charge in [0.1, 0.15) is 0 Å². The van der Waals surface area contributed by atoms with Crippen molar-refractivity contribution in [1.82, 2.24) is 5.32 Å². The van der Waals surface area contributed by atoms with Crippen LogP contribution in [0.3, 0.4) is 0 Å². The lowest BCUT2D eigenvalue weighted by Crippen LogP contribution is -2.31. The molecule has 1 aliphatic carbocycles. The first kappa shape index (κ1) is 12.5. The second-order valence-corrected chi connectivity index (χ2v) is 6.33. The third-order valence-electron chi connectivity index (χ3n) is 4.73. The lowest BCUT2D eigenvalue weighted by Gasteiger charge is -2.27. The van der Waals surface area contributed by atoms with Gasteiger partial charge in [0.05, 0.1) is 0 Å². The third kappa shape index (κ3) is 2.73. The zero-order valence-corrected chi connectivity index (χ0v) is 11.6. The van der Waals surface area contributed by atoms with Gasteiger partial charge in [-0.3, -0.25) is 0 Å². The Morgan fingerprint density at radius 3 is 2.44 bits per heavy atom. The summed E-state index contributed by atoms with van der Waals surface area (Å²) in [6.07, 6.45) is 8.51. The van der Waals surface area contributed by atoms with Gasteiger partial charge in [0.2, 0.25) is 0 Å². The van der Waals surface area contributed by atoms with E-state index >= 15 is 0 Å². The first-order valence-electron chi connectivity index (χ1n) is 7.32. The molecule has 1 aliphatic heterocycles. The van der Waals surface area contributed by atoms with Crippen LogP contribution in [-0.4, -0.2) is 12.6 Å². The van der Waals surface area contributed by atoms with Crippen molar-refractivity contribution in [3.05, 3.63) is 34.9 Å². The van der Waals surface area contributed by atoms with Gasteiger partial charge < -0.3 is 5.32 Å². The van der Waals surface area contributed by atoms with Crippen molar-refractivity contribution in [2.45, 2.75) is 50.5 Å². The Hall–Kier alpha value is -0.530.